The first-order valence-electron chi connectivity index (χ1n) is 10.6. The van der Waals surface area contributed by atoms with Crippen LogP contribution >= 0.6 is 23.2 Å². The van der Waals surface area contributed by atoms with E-state index in [-0.39, 0.29) is 12.5 Å². The Kier molecular flexibility index (Phi) is 6.17. The minimum absolute atomic E-state index is 0.0472. The lowest BCUT2D eigenvalue weighted by atomic mass is 10.2. The van der Waals surface area contributed by atoms with Crippen molar-refractivity contribution in [3.05, 3.63) is 70.8 Å². The summed E-state index contributed by atoms with van der Waals surface area (Å²) in [7, 11) is 0. The number of nitrogens with zero attached hydrogens (tertiary/aromatic N) is 4. The largest absolute Gasteiger partial charge is 0.378 e. The number of morpholine rings is 1. The molecule has 1 saturated heterocycles. The fraction of sp³-hybridized carbons (Fsp3) is 0.208. The number of rotatable bonds is 5. The molecule has 9 heteroatoms. The van der Waals surface area contributed by atoms with Gasteiger partial charge in [-0.05, 0) is 36.4 Å². The summed E-state index contributed by atoms with van der Waals surface area (Å²) in [4.78, 5) is 24.3. The van der Waals surface area contributed by atoms with E-state index in [1.54, 1.807) is 12.3 Å². The van der Waals surface area contributed by atoms with Crippen LogP contribution in [0, 0.1) is 0 Å². The zero-order valence-corrected chi connectivity index (χ0v) is 19.2. The lowest BCUT2D eigenvalue weighted by Gasteiger charge is -2.28. The molecular weight excluding hydrogens is 461 g/mol. The quantitative estimate of drug-likeness (QED) is 0.439. The molecule has 1 amide bonds. The Balaban J connectivity index is 1.39. The summed E-state index contributed by atoms with van der Waals surface area (Å²) >= 11 is 12.7. The number of nitrogens with one attached hydrogen (secondary N) is 1. The number of pyridine rings is 1. The average Bonchev–Trinajstić information content (AvgIpc) is 3.20. The number of fused-ring (bicyclic) bond motifs is 1. The molecule has 7 nitrogen and oxygen atoms in total. The number of anilines is 2. The van der Waals surface area contributed by atoms with E-state index in [2.05, 4.69) is 15.2 Å². The number of benzene rings is 2. The van der Waals surface area contributed by atoms with Crippen LogP contribution in [-0.2, 0) is 16.1 Å². The Bertz CT molecular complexity index is 1300. The van der Waals surface area contributed by atoms with Crippen LogP contribution in [0.25, 0.3) is 22.4 Å². The summed E-state index contributed by atoms with van der Waals surface area (Å²) in [6.07, 6.45) is 1.77. The van der Waals surface area contributed by atoms with Crippen molar-refractivity contribution in [2.24, 2.45) is 0 Å². The third-order valence-electron chi connectivity index (χ3n) is 5.54. The molecule has 33 heavy (non-hydrogen) atoms. The summed E-state index contributed by atoms with van der Waals surface area (Å²) in [5.74, 6) is 0.849. The first kappa shape index (κ1) is 21.7. The maximum atomic E-state index is 13.0. The number of imidazole rings is 1. The van der Waals surface area contributed by atoms with E-state index in [9.17, 15) is 4.79 Å². The van der Waals surface area contributed by atoms with Crippen LogP contribution in [-0.4, -0.2) is 46.7 Å². The standard InChI is InChI=1S/C24H21Cl2N5O2/c25-18-5-3-4-17(23(18)26)24-28-19-6-1-2-7-20(19)31(24)15-22(32)29-21-9-8-16(14-27-21)30-10-12-33-13-11-30/h1-9,14H,10-13,15H2,(H,27,29,32). The van der Waals surface area contributed by atoms with Gasteiger partial charge < -0.3 is 19.5 Å². The third kappa shape index (κ3) is 4.53. The minimum atomic E-state index is -0.218. The van der Waals surface area contributed by atoms with Gasteiger partial charge in [0.05, 0.1) is 46.2 Å². The number of amides is 1. The van der Waals surface area contributed by atoms with E-state index in [1.165, 1.54) is 0 Å². The second-order valence-electron chi connectivity index (χ2n) is 7.66. The molecule has 4 aromatic rings. The Hall–Kier alpha value is -3.13. The Morgan fingerprint density at radius 3 is 2.64 bits per heavy atom. The number of aromatic nitrogens is 3. The average molecular weight is 482 g/mol. The summed E-state index contributed by atoms with van der Waals surface area (Å²) in [6.45, 7) is 3.12. The lowest BCUT2D eigenvalue weighted by Crippen LogP contribution is -2.36. The van der Waals surface area contributed by atoms with Gasteiger partial charge in [-0.2, -0.15) is 0 Å². The van der Waals surface area contributed by atoms with Crippen molar-refractivity contribution in [3.8, 4) is 11.4 Å². The molecule has 1 aliphatic heterocycles. The molecule has 0 spiro atoms. The van der Waals surface area contributed by atoms with E-state index in [0.717, 1.165) is 29.8 Å². The third-order valence-corrected chi connectivity index (χ3v) is 6.36. The van der Waals surface area contributed by atoms with Crippen molar-refractivity contribution >= 4 is 51.6 Å². The highest BCUT2D eigenvalue weighted by atomic mass is 35.5. The molecule has 0 saturated carbocycles. The molecule has 0 radical (unpaired) electrons. The SMILES string of the molecule is O=C(Cn1c(-c2cccc(Cl)c2Cl)nc2ccccc21)Nc1ccc(N2CCOCC2)cn1. The molecule has 1 fully saturated rings. The van der Waals surface area contributed by atoms with Gasteiger partial charge in [0.25, 0.3) is 0 Å². The highest BCUT2D eigenvalue weighted by molar-refractivity contribution is 6.43. The summed E-state index contributed by atoms with van der Waals surface area (Å²) in [5, 5.41) is 3.71. The van der Waals surface area contributed by atoms with E-state index in [1.807, 2.05) is 53.1 Å². The van der Waals surface area contributed by atoms with Gasteiger partial charge in [0, 0.05) is 18.7 Å². The van der Waals surface area contributed by atoms with E-state index >= 15 is 0 Å². The molecule has 1 aliphatic rings. The fourth-order valence-electron chi connectivity index (χ4n) is 3.91. The molecular formula is C24H21Cl2N5O2. The molecule has 1 N–H and O–H groups in total. The van der Waals surface area contributed by atoms with E-state index in [4.69, 9.17) is 32.9 Å². The zero-order valence-electron chi connectivity index (χ0n) is 17.7. The molecule has 2 aromatic heterocycles. The van der Waals surface area contributed by atoms with Crippen LogP contribution < -0.4 is 10.2 Å². The van der Waals surface area contributed by atoms with Crippen LogP contribution in [0.15, 0.2) is 60.8 Å². The smallest absolute Gasteiger partial charge is 0.245 e. The van der Waals surface area contributed by atoms with Crippen LogP contribution in [0.5, 0.6) is 0 Å². The van der Waals surface area contributed by atoms with Crippen molar-refractivity contribution in [2.75, 3.05) is 36.5 Å². The minimum Gasteiger partial charge on any atom is -0.378 e. The van der Waals surface area contributed by atoms with Crippen LogP contribution in [0.1, 0.15) is 0 Å². The van der Waals surface area contributed by atoms with Crippen molar-refractivity contribution in [1.82, 2.24) is 14.5 Å². The van der Waals surface area contributed by atoms with Crippen LogP contribution in [0.2, 0.25) is 10.0 Å². The number of ether oxygens (including phenoxy) is 1. The van der Waals surface area contributed by atoms with Gasteiger partial charge >= 0.3 is 0 Å². The fourth-order valence-corrected chi connectivity index (χ4v) is 4.30. The normalized spacial score (nSPS) is 13.9. The number of hydrogen-bond donors (Lipinski definition) is 1. The summed E-state index contributed by atoms with van der Waals surface area (Å²) in [6, 6.07) is 16.8. The van der Waals surface area contributed by atoms with Crippen molar-refractivity contribution in [1.29, 1.82) is 0 Å². The summed E-state index contributed by atoms with van der Waals surface area (Å²) < 4.78 is 7.23. The van der Waals surface area contributed by atoms with Gasteiger partial charge in [-0.25, -0.2) is 9.97 Å². The number of halogens is 2. The lowest BCUT2D eigenvalue weighted by molar-refractivity contribution is -0.116. The first-order valence-corrected chi connectivity index (χ1v) is 11.3. The monoisotopic (exact) mass is 481 g/mol. The van der Waals surface area contributed by atoms with Gasteiger partial charge in [0.15, 0.2) is 0 Å². The predicted molar refractivity (Wildman–Crippen MR) is 131 cm³/mol. The van der Waals surface area contributed by atoms with Gasteiger partial charge in [0.1, 0.15) is 18.2 Å². The zero-order chi connectivity index (χ0) is 22.8. The Morgan fingerprint density at radius 1 is 1.03 bits per heavy atom. The van der Waals surface area contributed by atoms with Crippen molar-refractivity contribution < 1.29 is 9.53 Å². The number of carbonyl (C=O) groups is 1. The van der Waals surface area contributed by atoms with Crippen molar-refractivity contribution in [2.45, 2.75) is 6.54 Å². The second kappa shape index (κ2) is 9.39. The van der Waals surface area contributed by atoms with Gasteiger partial charge in [-0.3, -0.25) is 4.79 Å². The molecule has 2 aromatic carbocycles. The number of hydrogen-bond acceptors (Lipinski definition) is 5. The molecule has 5 rings (SSSR count). The molecule has 0 aliphatic carbocycles. The molecule has 0 atom stereocenters. The Morgan fingerprint density at radius 2 is 1.85 bits per heavy atom. The van der Waals surface area contributed by atoms with E-state index < -0.39 is 0 Å². The van der Waals surface area contributed by atoms with Crippen LogP contribution in [0.3, 0.4) is 0 Å². The molecule has 168 valence electrons. The summed E-state index contributed by atoms with van der Waals surface area (Å²) in [5.41, 5.74) is 3.27. The van der Waals surface area contributed by atoms with Gasteiger partial charge in [-0.1, -0.05) is 41.4 Å². The van der Waals surface area contributed by atoms with Gasteiger partial charge in [-0.15, -0.1) is 0 Å². The van der Waals surface area contributed by atoms with E-state index in [0.29, 0.717) is 40.5 Å². The Labute approximate surface area is 200 Å². The highest BCUT2D eigenvalue weighted by Crippen LogP contribution is 2.34. The number of para-hydroxylation sites is 2. The number of carbonyl (C=O) groups excluding carboxylic acids is 1. The maximum absolute atomic E-state index is 13.0. The topological polar surface area (TPSA) is 72.3 Å². The highest BCUT2D eigenvalue weighted by Gasteiger charge is 2.19. The van der Waals surface area contributed by atoms with Crippen LogP contribution in [0.4, 0.5) is 11.5 Å². The second-order valence-corrected chi connectivity index (χ2v) is 8.45. The molecule has 0 bridgehead atoms. The first-order chi connectivity index (χ1) is 16.1. The molecule has 0 unspecified atom stereocenters. The van der Waals surface area contributed by atoms with Crippen molar-refractivity contribution in [3.63, 3.8) is 0 Å². The maximum Gasteiger partial charge on any atom is 0.245 e. The predicted octanol–water partition coefficient (Wildman–Crippen LogP) is 4.88. The molecule has 3 heterocycles. The van der Waals surface area contributed by atoms with Gasteiger partial charge in [0.2, 0.25) is 5.91 Å².